The molecule has 1 aromatic rings. The van der Waals surface area contributed by atoms with Crippen LogP contribution in [0.2, 0.25) is 0 Å². The van der Waals surface area contributed by atoms with Crippen molar-refractivity contribution in [3.63, 3.8) is 0 Å². The molecule has 1 aromatic carbocycles. The zero-order valence-electron chi connectivity index (χ0n) is 12.5. The number of nitrogens with one attached hydrogen (secondary N) is 1. The van der Waals surface area contributed by atoms with Crippen LogP contribution in [0.3, 0.4) is 0 Å². The molecule has 0 radical (unpaired) electrons. The average Bonchev–Trinajstić information content (AvgIpc) is 2.39. The summed E-state index contributed by atoms with van der Waals surface area (Å²) in [6.07, 6.45) is -0.921. The number of hydrogen-bond donors (Lipinski definition) is 2. The summed E-state index contributed by atoms with van der Waals surface area (Å²) in [5.74, 6) is 0.572. The summed E-state index contributed by atoms with van der Waals surface area (Å²) >= 11 is 0. The van der Waals surface area contributed by atoms with Crippen LogP contribution in [0.4, 0.5) is 0 Å². The van der Waals surface area contributed by atoms with Crippen molar-refractivity contribution < 1.29 is 19.4 Å². The van der Waals surface area contributed by atoms with E-state index in [1.165, 1.54) is 6.92 Å². The van der Waals surface area contributed by atoms with E-state index in [4.69, 9.17) is 14.6 Å². The standard InChI is InChI=1S/C15H23NO4/c1-10(2)8-16-9-12-6-5-7-13(19-4)14(12)20-11(3)15(17)18/h5-7,10-11,16H,8-9H2,1-4H3,(H,17,18). The normalized spacial score (nSPS) is 12.2. The number of carboxylic acids is 1. The Morgan fingerprint density at radius 1 is 1.35 bits per heavy atom. The third-order valence-corrected chi connectivity index (χ3v) is 2.79. The van der Waals surface area contributed by atoms with Crippen LogP contribution in [0, 0.1) is 5.92 Å². The van der Waals surface area contributed by atoms with Gasteiger partial charge in [0.2, 0.25) is 0 Å². The van der Waals surface area contributed by atoms with Gasteiger partial charge in [-0.15, -0.1) is 0 Å². The zero-order valence-corrected chi connectivity index (χ0v) is 12.5. The second-order valence-corrected chi connectivity index (χ2v) is 5.07. The van der Waals surface area contributed by atoms with Gasteiger partial charge >= 0.3 is 5.97 Å². The van der Waals surface area contributed by atoms with Gasteiger partial charge < -0.3 is 19.9 Å². The number of ether oxygens (including phenoxy) is 2. The van der Waals surface area contributed by atoms with Crippen LogP contribution >= 0.6 is 0 Å². The molecule has 0 heterocycles. The molecule has 2 N–H and O–H groups in total. The van der Waals surface area contributed by atoms with E-state index >= 15 is 0 Å². The largest absolute Gasteiger partial charge is 0.493 e. The second-order valence-electron chi connectivity index (χ2n) is 5.07. The molecule has 0 aliphatic heterocycles. The first-order valence-corrected chi connectivity index (χ1v) is 6.71. The molecule has 1 unspecified atom stereocenters. The zero-order chi connectivity index (χ0) is 15.1. The first-order valence-electron chi connectivity index (χ1n) is 6.71. The third-order valence-electron chi connectivity index (χ3n) is 2.79. The molecule has 0 aromatic heterocycles. The van der Waals surface area contributed by atoms with E-state index < -0.39 is 12.1 Å². The maximum atomic E-state index is 10.9. The summed E-state index contributed by atoms with van der Waals surface area (Å²) in [6, 6.07) is 5.53. The summed E-state index contributed by atoms with van der Waals surface area (Å²) in [5.41, 5.74) is 0.887. The van der Waals surface area contributed by atoms with Crippen molar-refractivity contribution in [2.45, 2.75) is 33.4 Å². The van der Waals surface area contributed by atoms with Gasteiger partial charge in [0.15, 0.2) is 17.6 Å². The molecule has 0 fully saturated rings. The number of hydrogen-bond acceptors (Lipinski definition) is 4. The number of aliphatic carboxylic acids is 1. The summed E-state index contributed by atoms with van der Waals surface area (Å²) < 4.78 is 10.8. The van der Waals surface area contributed by atoms with Gasteiger partial charge in [-0.25, -0.2) is 4.79 Å². The summed E-state index contributed by atoms with van der Waals surface area (Å²) in [6.45, 7) is 7.24. The van der Waals surface area contributed by atoms with Gasteiger partial charge in [0.1, 0.15) is 0 Å². The quantitative estimate of drug-likeness (QED) is 0.765. The van der Waals surface area contributed by atoms with Gasteiger partial charge in [0.25, 0.3) is 0 Å². The SMILES string of the molecule is COc1cccc(CNCC(C)C)c1OC(C)C(=O)O. The maximum Gasteiger partial charge on any atom is 0.344 e. The molecule has 0 saturated carbocycles. The monoisotopic (exact) mass is 281 g/mol. The van der Waals surface area contributed by atoms with E-state index in [9.17, 15) is 4.79 Å². The topological polar surface area (TPSA) is 67.8 Å². The third kappa shape index (κ3) is 4.74. The number of methoxy groups -OCH3 is 1. The van der Waals surface area contributed by atoms with E-state index in [2.05, 4.69) is 19.2 Å². The maximum absolute atomic E-state index is 10.9. The van der Waals surface area contributed by atoms with Crippen molar-refractivity contribution >= 4 is 5.97 Å². The molecular weight excluding hydrogens is 258 g/mol. The van der Waals surface area contributed by atoms with Gasteiger partial charge in [-0.3, -0.25) is 0 Å². The van der Waals surface area contributed by atoms with Crippen molar-refractivity contribution in [2.24, 2.45) is 5.92 Å². The van der Waals surface area contributed by atoms with Crippen LogP contribution in [0.1, 0.15) is 26.3 Å². The van der Waals surface area contributed by atoms with Crippen LogP contribution < -0.4 is 14.8 Å². The Morgan fingerprint density at radius 2 is 2.05 bits per heavy atom. The molecule has 1 rings (SSSR count). The van der Waals surface area contributed by atoms with Crippen molar-refractivity contribution in [1.29, 1.82) is 0 Å². The Bertz CT molecular complexity index is 445. The summed E-state index contributed by atoms with van der Waals surface area (Å²) in [7, 11) is 1.54. The highest BCUT2D eigenvalue weighted by molar-refractivity contribution is 5.72. The molecule has 0 aliphatic rings. The first-order chi connectivity index (χ1) is 9.45. The highest BCUT2D eigenvalue weighted by Crippen LogP contribution is 2.32. The van der Waals surface area contributed by atoms with Gasteiger partial charge in [-0.05, 0) is 25.5 Å². The Kier molecular flexibility index (Phi) is 6.31. The van der Waals surface area contributed by atoms with Crippen LogP contribution in [0.5, 0.6) is 11.5 Å². The minimum Gasteiger partial charge on any atom is -0.493 e. The lowest BCUT2D eigenvalue weighted by Gasteiger charge is -2.18. The minimum atomic E-state index is -1.00. The number of rotatable bonds is 8. The van der Waals surface area contributed by atoms with Crippen LogP contribution in [0.15, 0.2) is 18.2 Å². The van der Waals surface area contributed by atoms with Crippen molar-refractivity contribution in [3.8, 4) is 11.5 Å². The molecule has 0 saturated heterocycles. The molecule has 0 amide bonds. The molecule has 112 valence electrons. The number of para-hydroxylation sites is 1. The van der Waals surface area contributed by atoms with Crippen LogP contribution in [0.25, 0.3) is 0 Å². The van der Waals surface area contributed by atoms with Gasteiger partial charge in [0.05, 0.1) is 7.11 Å². The fourth-order valence-electron chi connectivity index (χ4n) is 1.72. The lowest BCUT2D eigenvalue weighted by Crippen LogP contribution is -2.25. The lowest BCUT2D eigenvalue weighted by atomic mass is 10.1. The second kappa shape index (κ2) is 7.75. The van der Waals surface area contributed by atoms with Crippen molar-refractivity contribution in [3.05, 3.63) is 23.8 Å². The number of benzene rings is 1. The molecule has 0 aliphatic carbocycles. The fraction of sp³-hybridized carbons (Fsp3) is 0.533. The van der Waals surface area contributed by atoms with Crippen LogP contribution in [-0.4, -0.2) is 30.8 Å². The molecule has 0 spiro atoms. The van der Waals surface area contributed by atoms with Crippen molar-refractivity contribution in [1.82, 2.24) is 5.32 Å². The number of carboxylic acid groups (broad SMARTS) is 1. The van der Waals surface area contributed by atoms with Crippen LogP contribution in [-0.2, 0) is 11.3 Å². The molecule has 20 heavy (non-hydrogen) atoms. The van der Waals surface area contributed by atoms with Gasteiger partial charge in [-0.2, -0.15) is 0 Å². The van der Waals surface area contributed by atoms with E-state index in [1.807, 2.05) is 12.1 Å². The van der Waals surface area contributed by atoms with Crippen molar-refractivity contribution in [2.75, 3.05) is 13.7 Å². The molecule has 5 heteroatoms. The molecule has 5 nitrogen and oxygen atoms in total. The Labute approximate surface area is 119 Å². The molecular formula is C15H23NO4. The smallest absolute Gasteiger partial charge is 0.344 e. The predicted octanol–water partition coefficient (Wildman–Crippen LogP) is 2.29. The van der Waals surface area contributed by atoms with Gasteiger partial charge in [0, 0.05) is 12.1 Å². The molecule has 0 bridgehead atoms. The van der Waals surface area contributed by atoms with E-state index in [-0.39, 0.29) is 0 Å². The highest BCUT2D eigenvalue weighted by atomic mass is 16.5. The number of carbonyl (C=O) groups is 1. The summed E-state index contributed by atoms with van der Waals surface area (Å²) in [4.78, 5) is 10.9. The van der Waals surface area contributed by atoms with E-state index in [0.29, 0.717) is 24.0 Å². The Morgan fingerprint density at radius 3 is 2.60 bits per heavy atom. The average molecular weight is 281 g/mol. The van der Waals surface area contributed by atoms with E-state index in [0.717, 1.165) is 12.1 Å². The lowest BCUT2D eigenvalue weighted by molar-refractivity contribution is -0.144. The highest BCUT2D eigenvalue weighted by Gasteiger charge is 2.18. The minimum absolute atomic E-state index is 0.487. The Hall–Kier alpha value is -1.75. The summed E-state index contributed by atoms with van der Waals surface area (Å²) in [5, 5.41) is 12.3. The first kappa shape index (κ1) is 16.3. The van der Waals surface area contributed by atoms with E-state index in [1.54, 1.807) is 13.2 Å². The van der Waals surface area contributed by atoms with Gasteiger partial charge in [-0.1, -0.05) is 26.0 Å². The fourth-order valence-corrected chi connectivity index (χ4v) is 1.72. The molecule has 1 atom stereocenters. The Balaban J connectivity index is 2.89. The predicted molar refractivity (Wildman–Crippen MR) is 77.3 cm³/mol.